The van der Waals surface area contributed by atoms with E-state index in [9.17, 15) is 8.78 Å². The zero-order valence-electron chi connectivity index (χ0n) is 12.0. The minimum Gasteiger partial charge on any atom is -0.490 e. The highest BCUT2D eigenvalue weighted by Crippen LogP contribution is 2.38. The SMILES string of the molecule is FC(F)c1cc2c(cc1CC1CCNCC1)OCCCO2. The van der Waals surface area contributed by atoms with Gasteiger partial charge in [-0.1, -0.05) is 0 Å². The monoisotopic (exact) mass is 297 g/mol. The summed E-state index contributed by atoms with van der Waals surface area (Å²) >= 11 is 0. The summed E-state index contributed by atoms with van der Waals surface area (Å²) in [5.74, 6) is 1.53. The Bertz CT molecular complexity index is 487. The zero-order valence-corrected chi connectivity index (χ0v) is 12.0. The van der Waals surface area contributed by atoms with Crippen molar-refractivity contribution in [3.63, 3.8) is 0 Å². The molecule has 2 heterocycles. The molecule has 1 fully saturated rings. The van der Waals surface area contributed by atoms with Crippen molar-refractivity contribution in [3.05, 3.63) is 23.3 Å². The number of piperidine rings is 1. The van der Waals surface area contributed by atoms with Crippen LogP contribution in [-0.4, -0.2) is 26.3 Å². The molecule has 0 atom stereocenters. The summed E-state index contributed by atoms with van der Waals surface area (Å²) < 4.78 is 37.8. The molecule has 1 aromatic carbocycles. The highest BCUT2D eigenvalue weighted by molar-refractivity contribution is 5.48. The molecular formula is C16H21F2NO2. The number of hydrogen-bond donors (Lipinski definition) is 1. The Labute approximate surface area is 123 Å². The van der Waals surface area contributed by atoms with E-state index in [0.29, 0.717) is 42.6 Å². The number of halogens is 2. The summed E-state index contributed by atoms with van der Waals surface area (Å²) in [6.07, 6.45) is 1.08. The maximum absolute atomic E-state index is 13.3. The van der Waals surface area contributed by atoms with Gasteiger partial charge in [0.15, 0.2) is 11.5 Å². The van der Waals surface area contributed by atoms with Crippen molar-refractivity contribution in [1.29, 1.82) is 0 Å². The minimum atomic E-state index is -2.47. The zero-order chi connectivity index (χ0) is 14.7. The highest BCUT2D eigenvalue weighted by Gasteiger charge is 2.22. The maximum atomic E-state index is 13.3. The van der Waals surface area contributed by atoms with Crippen molar-refractivity contribution < 1.29 is 18.3 Å². The molecule has 0 aliphatic carbocycles. The fourth-order valence-electron chi connectivity index (χ4n) is 3.04. The van der Waals surface area contributed by atoms with E-state index in [1.165, 1.54) is 6.07 Å². The molecule has 0 aromatic heterocycles. The smallest absolute Gasteiger partial charge is 0.264 e. The Balaban J connectivity index is 1.87. The first-order chi connectivity index (χ1) is 10.2. The molecule has 0 saturated carbocycles. The summed E-state index contributed by atoms with van der Waals surface area (Å²) in [6.45, 7) is 3.04. The van der Waals surface area contributed by atoms with Crippen molar-refractivity contribution >= 4 is 0 Å². The van der Waals surface area contributed by atoms with Gasteiger partial charge in [0.1, 0.15) is 0 Å². The van der Waals surface area contributed by atoms with Crippen LogP contribution in [0.4, 0.5) is 8.78 Å². The predicted molar refractivity (Wildman–Crippen MR) is 76.3 cm³/mol. The van der Waals surface area contributed by atoms with Crippen LogP contribution in [-0.2, 0) is 6.42 Å². The van der Waals surface area contributed by atoms with Crippen LogP contribution in [0.5, 0.6) is 11.5 Å². The van der Waals surface area contributed by atoms with Gasteiger partial charge in [0.25, 0.3) is 6.43 Å². The van der Waals surface area contributed by atoms with Crippen molar-refractivity contribution in [2.45, 2.75) is 32.1 Å². The fourth-order valence-corrected chi connectivity index (χ4v) is 3.04. The van der Waals surface area contributed by atoms with Gasteiger partial charge in [-0.05, 0) is 56.0 Å². The van der Waals surface area contributed by atoms with Gasteiger partial charge in [-0.2, -0.15) is 0 Å². The highest BCUT2D eigenvalue weighted by atomic mass is 19.3. The van der Waals surface area contributed by atoms with E-state index in [1.54, 1.807) is 6.07 Å². The van der Waals surface area contributed by atoms with Gasteiger partial charge >= 0.3 is 0 Å². The molecule has 0 bridgehead atoms. The number of fused-ring (bicyclic) bond motifs is 1. The summed E-state index contributed by atoms with van der Waals surface area (Å²) in [5, 5.41) is 3.30. The lowest BCUT2D eigenvalue weighted by atomic mass is 9.89. The quantitative estimate of drug-likeness (QED) is 0.928. The number of rotatable bonds is 3. The van der Waals surface area contributed by atoms with E-state index in [0.717, 1.165) is 32.4 Å². The third kappa shape index (κ3) is 3.46. The largest absolute Gasteiger partial charge is 0.490 e. The van der Waals surface area contributed by atoms with Crippen LogP contribution in [0.15, 0.2) is 12.1 Å². The van der Waals surface area contributed by atoms with E-state index in [4.69, 9.17) is 9.47 Å². The van der Waals surface area contributed by atoms with Crippen LogP contribution < -0.4 is 14.8 Å². The number of benzene rings is 1. The van der Waals surface area contributed by atoms with Gasteiger partial charge in [-0.3, -0.25) is 0 Å². The average Bonchev–Trinajstić information content (AvgIpc) is 2.72. The van der Waals surface area contributed by atoms with Crippen LogP contribution in [0.2, 0.25) is 0 Å². The van der Waals surface area contributed by atoms with Crippen molar-refractivity contribution in [1.82, 2.24) is 5.32 Å². The standard InChI is InChI=1S/C16H21F2NO2/c17-16(18)13-10-15-14(20-6-1-7-21-15)9-12(13)8-11-2-4-19-5-3-11/h9-11,16,19H,1-8H2. The van der Waals surface area contributed by atoms with Gasteiger partial charge in [0.05, 0.1) is 13.2 Å². The minimum absolute atomic E-state index is 0.0952. The number of ether oxygens (including phenoxy) is 2. The van der Waals surface area contributed by atoms with E-state index >= 15 is 0 Å². The predicted octanol–water partition coefficient (Wildman–Crippen LogP) is 3.33. The fraction of sp³-hybridized carbons (Fsp3) is 0.625. The van der Waals surface area contributed by atoms with Gasteiger partial charge in [-0.15, -0.1) is 0 Å². The van der Waals surface area contributed by atoms with E-state index in [2.05, 4.69) is 5.32 Å². The second-order valence-electron chi connectivity index (χ2n) is 5.75. The van der Waals surface area contributed by atoms with Gasteiger partial charge in [0, 0.05) is 12.0 Å². The first kappa shape index (κ1) is 14.6. The van der Waals surface area contributed by atoms with Crippen molar-refractivity contribution in [2.24, 2.45) is 5.92 Å². The summed E-state index contributed by atoms with van der Waals surface area (Å²) in [4.78, 5) is 0. The van der Waals surface area contributed by atoms with Gasteiger partial charge in [-0.25, -0.2) is 8.78 Å². The Morgan fingerprint density at radius 2 is 1.76 bits per heavy atom. The van der Waals surface area contributed by atoms with Crippen LogP contribution in [0.3, 0.4) is 0 Å². The van der Waals surface area contributed by atoms with Crippen molar-refractivity contribution in [2.75, 3.05) is 26.3 Å². The molecule has 2 aliphatic rings. The molecule has 21 heavy (non-hydrogen) atoms. The number of alkyl halides is 2. The molecule has 0 spiro atoms. The summed E-state index contributed by atoms with van der Waals surface area (Å²) in [5.41, 5.74) is 0.805. The third-order valence-corrected chi connectivity index (χ3v) is 4.21. The average molecular weight is 297 g/mol. The lowest BCUT2D eigenvalue weighted by Gasteiger charge is -2.24. The summed E-state index contributed by atoms with van der Waals surface area (Å²) in [6, 6.07) is 3.24. The molecule has 116 valence electrons. The molecule has 0 unspecified atom stereocenters. The molecule has 1 N–H and O–H groups in total. The van der Waals surface area contributed by atoms with Crippen LogP contribution in [0.1, 0.15) is 36.8 Å². The van der Waals surface area contributed by atoms with Crippen LogP contribution >= 0.6 is 0 Å². The molecule has 1 aromatic rings. The Morgan fingerprint density at radius 1 is 1.10 bits per heavy atom. The summed E-state index contributed by atoms with van der Waals surface area (Å²) in [7, 11) is 0. The van der Waals surface area contributed by atoms with Crippen molar-refractivity contribution in [3.8, 4) is 11.5 Å². The molecule has 2 aliphatic heterocycles. The Hall–Kier alpha value is -1.36. The molecule has 3 rings (SSSR count). The van der Waals surface area contributed by atoms with E-state index in [-0.39, 0.29) is 5.56 Å². The van der Waals surface area contributed by atoms with Crippen LogP contribution in [0, 0.1) is 5.92 Å². The molecule has 0 radical (unpaired) electrons. The Kier molecular flexibility index (Phi) is 4.58. The second-order valence-corrected chi connectivity index (χ2v) is 5.75. The van der Waals surface area contributed by atoms with E-state index < -0.39 is 6.43 Å². The first-order valence-electron chi connectivity index (χ1n) is 7.65. The van der Waals surface area contributed by atoms with E-state index in [1.807, 2.05) is 0 Å². The third-order valence-electron chi connectivity index (χ3n) is 4.21. The number of nitrogens with one attached hydrogen (secondary N) is 1. The normalized spacial score (nSPS) is 19.6. The lowest BCUT2D eigenvalue weighted by molar-refractivity contribution is 0.149. The maximum Gasteiger partial charge on any atom is 0.264 e. The first-order valence-corrected chi connectivity index (χ1v) is 7.65. The lowest BCUT2D eigenvalue weighted by Crippen LogP contribution is -2.28. The molecule has 1 saturated heterocycles. The molecular weight excluding hydrogens is 276 g/mol. The Morgan fingerprint density at radius 3 is 2.43 bits per heavy atom. The molecule has 5 heteroatoms. The molecule has 3 nitrogen and oxygen atoms in total. The topological polar surface area (TPSA) is 30.5 Å². The second kappa shape index (κ2) is 6.60. The van der Waals surface area contributed by atoms with Crippen LogP contribution in [0.25, 0.3) is 0 Å². The van der Waals surface area contributed by atoms with Gasteiger partial charge < -0.3 is 14.8 Å². The number of hydrogen-bond acceptors (Lipinski definition) is 3. The molecule has 0 amide bonds. The van der Waals surface area contributed by atoms with Gasteiger partial charge in [0.2, 0.25) is 0 Å².